The lowest BCUT2D eigenvalue weighted by molar-refractivity contribution is 0.308. The van der Waals surface area contributed by atoms with Gasteiger partial charge in [0.1, 0.15) is 11.8 Å². The minimum absolute atomic E-state index is 0.595. The van der Waals surface area contributed by atoms with Crippen LogP contribution in [-0.2, 0) is 6.42 Å². The molecule has 0 bridgehead atoms. The summed E-state index contributed by atoms with van der Waals surface area (Å²) in [5.41, 5.74) is 5.18. The van der Waals surface area contributed by atoms with Gasteiger partial charge < -0.3 is 0 Å². The first-order chi connectivity index (χ1) is 14.2. The second-order valence-electron chi connectivity index (χ2n) is 8.76. The molecule has 0 spiro atoms. The zero-order valence-electron chi connectivity index (χ0n) is 18.3. The van der Waals surface area contributed by atoms with Crippen molar-refractivity contribution in [3.63, 3.8) is 0 Å². The Kier molecular flexibility index (Phi) is 8.29. The quantitative estimate of drug-likeness (QED) is 0.411. The van der Waals surface area contributed by atoms with Gasteiger partial charge in [0.15, 0.2) is 0 Å². The molecule has 0 amide bonds. The number of nitriles is 1. The van der Waals surface area contributed by atoms with Gasteiger partial charge in [-0.3, -0.25) is 0 Å². The number of nitrogens with zero attached hydrogens (tertiary/aromatic N) is 2. The average Bonchev–Trinajstić information content (AvgIpc) is 2.78. The summed E-state index contributed by atoms with van der Waals surface area (Å²) in [6.45, 7) is 4.52. The molecule has 3 rings (SSSR count). The van der Waals surface area contributed by atoms with Crippen LogP contribution in [0.25, 0.3) is 11.3 Å². The number of unbranched alkanes of at least 4 members (excludes halogenated alkanes) is 3. The first-order valence-corrected chi connectivity index (χ1v) is 11.8. The Bertz CT molecular complexity index is 792. The fourth-order valence-corrected chi connectivity index (χ4v) is 4.81. The van der Waals surface area contributed by atoms with E-state index in [0.717, 1.165) is 35.6 Å². The van der Waals surface area contributed by atoms with Crippen molar-refractivity contribution in [2.75, 3.05) is 0 Å². The second-order valence-corrected chi connectivity index (χ2v) is 8.76. The first-order valence-electron chi connectivity index (χ1n) is 11.8. The van der Waals surface area contributed by atoms with Gasteiger partial charge in [0.05, 0.1) is 5.69 Å². The molecule has 29 heavy (non-hydrogen) atoms. The van der Waals surface area contributed by atoms with E-state index in [9.17, 15) is 5.26 Å². The van der Waals surface area contributed by atoms with Crippen LogP contribution in [0.2, 0.25) is 0 Å². The maximum absolute atomic E-state index is 9.55. The van der Waals surface area contributed by atoms with Gasteiger partial charge in [0, 0.05) is 5.56 Å². The Morgan fingerprint density at radius 2 is 1.66 bits per heavy atom. The summed E-state index contributed by atoms with van der Waals surface area (Å²) in [5, 5.41) is 9.55. The Morgan fingerprint density at radius 1 is 0.897 bits per heavy atom. The number of rotatable bonds is 9. The number of benzene rings is 1. The van der Waals surface area contributed by atoms with Crippen LogP contribution in [0.5, 0.6) is 0 Å². The number of aryl methyl sites for hydroxylation is 1. The molecule has 0 radical (unpaired) electrons. The molecule has 1 heterocycles. The lowest BCUT2D eigenvalue weighted by Crippen LogP contribution is -2.13. The van der Waals surface area contributed by atoms with Gasteiger partial charge in [-0.05, 0) is 67.6 Å². The maximum Gasteiger partial charge on any atom is 0.144 e. The molecule has 0 aliphatic heterocycles. The topological polar surface area (TPSA) is 36.7 Å². The average molecular weight is 389 g/mol. The van der Waals surface area contributed by atoms with Gasteiger partial charge in [-0.15, -0.1) is 0 Å². The first kappa shape index (κ1) is 21.6. The van der Waals surface area contributed by atoms with Crippen molar-refractivity contribution in [1.29, 1.82) is 5.26 Å². The van der Waals surface area contributed by atoms with E-state index >= 15 is 0 Å². The van der Waals surface area contributed by atoms with Crippen molar-refractivity contribution in [3.8, 4) is 17.3 Å². The maximum atomic E-state index is 9.55. The van der Waals surface area contributed by atoms with Crippen LogP contribution in [-0.4, -0.2) is 4.98 Å². The van der Waals surface area contributed by atoms with E-state index < -0.39 is 0 Å². The second kappa shape index (κ2) is 11.1. The monoisotopic (exact) mass is 388 g/mol. The lowest BCUT2D eigenvalue weighted by atomic mass is 9.77. The van der Waals surface area contributed by atoms with Crippen molar-refractivity contribution < 1.29 is 0 Å². The molecule has 0 unspecified atom stereocenters. The van der Waals surface area contributed by atoms with Crippen molar-refractivity contribution in [2.24, 2.45) is 5.92 Å². The number of hydrogen-bond donors (Lipinski definition) is 0. The van der Waals surface area contributed by atoms with E-state index in [-0.39, 0.29) is 0 Å². The summed E-state index contributed by atoms with van der Waals surface area (Å²) < 4.78 is 0. The fraction of sp³-hybridized carbons (Fsp3) is 0.556. The normalized spacial score (nSPS) is 19.1. The predicted octanol–water partition coefficient (Wildman–Crippen LogP) is 7.82. The number of hydrogen-bond acceptors (Lipinski definition) is 2. The molecule has 1 aromatic heterocycles. The third kappa shape index (κ3) is 5.92. The van der Waals surface area contributed by atoms with E-state index in [2.05, 4.69) is 61.3 Å². The van der Waals surface area contributed by atoms with Crippen LogP contribution >= 0.6 is 0 Å². The van der Waals surface area contributed by atoms with E-state index in [0.29, 0.717) is 11.6 Å². The molecule has 2 nitrogen and oxygen atoms in total. The summed E-state index contributed by atoms with van der Waals surface area (Å²) in [7, 11) is 0. The molecule has 0 atom stereocenters. The fourth-order valence-electron chi connectivity index (χ4n) is 4.81. The van der Waals surface area contributed by atoms with Crippen molar-refractivity contribution in [3.05, 3.63) is 53.2 Å². The highest BCUT2D eigenvalue weighted by Gasteiger charge is 2.21. The van der Waals surface area contributed by atoms with Gasteiger partial charge >= 0.3 is 0 Å². The van der Waals surface area contributed by atoms with Crippen LogP contribution in [0.15, 0.2) is 36.4 Å². The Morgan fingerprint density at radius 3 is 2.31 bits per heavy atom. The lowest BCUT2D eigenvalue weighted by Gasteiger charge is -2.28. The summed E-state index contributed by atoms with van der Waals surface area (Å²) in [5.74, 6) is 1.66. The van der Waals surface area contributed by atoms with Crippen molar-refractivity contribution >= 4 is 0 Å². The SMILES string of the molecule is CCCCCCc1ccc(-c2ccc(C3CCC(CCC)CC3)cc2)nc1C#N. The molecular formula is C27H36N2. The number of pyridine rings is 1. The van der Waals surface area contributed by atoms with Gasteiger partial charge in [-0.1, -0.05) is 76.3 Å². The van der Waals surface area contributed by atoms with E-state index in [1.807, 2.05) is 0 Å². The molecule has 1 aliphatic rings. The number of aromatic nitrogens is 1. The zero-order chi connectivity index (χ0) is 20.5. The Balaban J connectivity index is 1.64. The van der Waals surface area contributed by atoms with Crippen LogP contribution in [0.4, 0.5) is 0 Å². The summed E-state index contributed by atoms with van der Waals surface area (Å²) in [6.07, 6.45) is 14.0. The molecule has 0 saturated heterocycles. The molecule has 1 aliphatic carbocycles. The van der Waals surface area contributed by atoms with Crippen LogP contribution in [0.1, 0.15) is 101 Å². The molecular weight excluding hydrogens is 352 g/mol. The van der Waals surface area contributed by atoms with E-state index in [1.54, 1.807) is 0 Å². The largest absolute Gasteiger partial charge is 0.237 e. The third-order valence-electron chi connectivity index (χ3n) is 6.61. The smallest absolute Gasteiger partial charge is 0.144 e. The molecule has 154 valence electrons. The zero-order valence-corrected chi connectivity index (χ0v) is 18.3. The highest BCUT2D eigenvalue weighted by Crippen LogP contribution is 2.38. The van der Waals surface area contributed by atoms with Gasteiger partial charge in [0.25, 0.3) is 0 Å². The summed E-state index contributed by atoms with van der Waals surface area (Å²) in [4.78, 5) is 4.67. The highest BCUT2D eigenvalue weighted by atomic mass is 14.7. The van der Waals surface area contributed by atoms with Crippen molar-refractivity contribution in [1.82, 2.24) is 4.98 Å². The van der Waals surface area contributed by atoms with Crippen LogP contribution in [0.3, 0.4) is 0 Å². The van der Waals surface area contributed by atoms with E-state index in [1.165, 1.54) is 63.4 Å². The Hall–Kier alpha value is -2.14. The van der Waals surface area contributed by atoms with Crippen LogP contribution < -0.4 is 0 Å². The molecule has 1 fully saturated rings. The molecule has 0 N–H and O–H groups in total. The molecule has 1 aromatic carbocycles. The standard InChI is InChI=1S/C27H36N2/c1-3-5-6-7-9-24-18-19-26(29-27(24)20-28)25-16-14-23(15-17-25)22-12-10-21(8-4-2)11-13-22/h14-19,21-22H,3-13H2,1-2H3. The third-order valence-corrected chi connectivity index (χ3v) is 6.61. The highest BCUT2D eigenvalue weighted by molar-refractivity contribution is 5.61. The van der Waals surface area contributed by atoms with Crippen LogP contribution in [0, 0.1) is 17.2 Å². The minimum Gasteiger partial charge on any atom is -0.237 e. The molecule has 2 heteroatoms. The summed E-state index contributed by atoms with van der Waals surface area (Å²) >= 11 is 0. The van der Waals surface area contributed by atoms with Gasteiger partial charge in [-0.2, -0.15) is 5.26 Å². The van der Waals surface area contributed by atoms with Gasteiger partial charge in [-0.25, -0.2) is 4.98 Å². The minimum atomic E-state index is 0.595. The summed E-state index contributed by atoms with van der Waals surface area (Å²) in [6, 6.07) is 15.5. The van der Waals surface area contributed by atoms with E-state index in [4.69, 9.17) is 0 Å². The van der Waals surface area contributed by atoms with Gasteiger partial charge in [0.2, 0.25) is 0 Å². The predicted molar refractivity (Wildman–Crippen MR) is 122 cm³/mol. The van der Waals surface area contributed by atoms with Crippen molar-refractivity contribution in [2.45, 2.75) is 90.4 Å². The molecule has 2 aromatic rings. The Labute approximate surface area is 177 Å². The molecule has 1 saturated carbocycles.